The number of hydrogen-bond donors (Lipinski definition) is 2. The SMILES string of the molecule is CCCC(CCC)C(=O)Nc1ccccc1CNCC. The van der Waals surface area contributed by atoms with Crippen molar-refractivity contribution in [3.05, 3.63) is 29.8 Å². The van der Waals surface area contributed by atoms with Crippen LogP contribution in [-0.4, -0.2) is 12.5 Å². The molecule has 0 heterocycles. The van der Waals surface area contributed by atoms with Gasteiger partial charge in [-0.05, 0) is 31.0 Å². The Bertz CT molecular complexity index is 398. The van der Waals surface area contributed by atoms with E-state index in [1.165, 1.54) is 0 Å². The summed E-state index contributed by atoms with van der Waals surface area (Å²) in [6.45, 7) is 8.07. The summed E-state index contributed by atoms with van der Waals surface area (Å²) in [6, 6.07) is 8.03. The van der Waals surface area contributed by atoms with Gasteiger partial charge in [0.25, 0.3) is 0 Å². The summed E-state index contributed by atoms with van der Waals surface area (Å²) in [7, 11) is 0. The minimum Gasteiger partial charge on any atom is -0.326 e. The van der Waals surface area contributed by atoms with E-state index < -0.39 is 0 Å². The third-order valence-electron chi connectivity index (χ3n) is 3.49. The molecule has 0 atom stereocenters. The third kappa shape index (κ3) is 5.33. The molecule has 112 valence electrons. The number of anilines is 1. The van der Waals surface area contributed by atoms with Gasteiger partial charge in [-0.3, -0.25) is 4.79 Å². The molecule has 0 spiro atoms. The molecule has 2 N–H and O–H groups in total. The highest BCUT2D eigenvalue weighted by Gasteiger charge is 2.17. The average Bonchev–Trinajstić information content (AvgIpc) is 2.46. The van der Waals surface area contributed by atoms with Crippen LogP contribution in [0.25, 0.3) is 0 Å². The van der Waals surface area contributed by atoms with Gasteiger partial charge in [0.05, 0.1) is 0 Å². The lowest BCUT2D eigenvalue weighted by Crippen LogP contribution is -2.24. The van der Waals surface area contributed by atoms with Gasteiger partial charge in [0.1, 0.15) is 0 Å². The predicted molar refractivity (Wildman–Crippen MR) is 85.8 cm³/mol. The number of nitrogens with one attached hydrogen (secondary N) is 2. The second-order valence-corrected chi connectivity index (χ2v) is 5.20. The van der Waals surface area contributed by atoms with Crippen molar-refractivity contribution in [2.75, 3.05) is 11.9 Å². The molecule has 0 unspecified atom stereocenters. The normalized spacial score (nSPS) is 10.8. The highest BCUT2D eigenvalue weighted by molar-refractivity contribution is 5.93. The number of para-hydroxylation sites is 1. The molecule has 20 heavy (non-hydrogen) atoms. The zero-order valence-corrected chi connectivity index (χ0v) is 13.0. The van der Waals surface area contributed by atoms with Crippen LogP contribution in [0.15, 0.2) is 24.3 Å². The predicted octanol–water partition coefficient (Wildman–Crippen LogP) is 3.95. The fraction of sp³-hybridized carbons (Fsp3) is 0.588. The van der Waals surface area contributed by atoms with E-state index >= 15 is 0 Å². The Kier molecular flexibility index (Phi) is 7.97. The lowest BCUT2D eigenvalue weighted by Gasteiger charge is -2.17. The van der Waals surface area contributed by atoms with Crippen molar-refractivity contribution in [2.24, 2.45) is 5.92 Å². The Morgan fingerprint density at radius 1 is 1.10 bits per heavy atom. The van der Waals surface area contributed by atoms with Crippen LogP contribution in [-0.2, 0) is 11.3 Å². The van der Waals surface area contributed by atoms with Crippen LogP contribution in [0.3, 0.4) is 0 Å². The van der Waals surface area contributed by atoms with E-state index in [1.807, 2.05) is 18.2 Å². The van der Waals surface area contributed by atoms with E-state index in [2.05, 4.69) is 37.5 Å². The van der Waals surface area contributed by atoms with Gasteiger partial charge in [-0.25, -0.2) is 0 Å². The number of carbonyl (C=O) groups is 1. The van der Waals surface area contributed by atoms with Gasteiger partial charge in [-0.2, -0.15) is 0 Å². The van der Waals surface area contributed by atoms with Crippen LogP contribution in [0.4, 0.5) is 5.69 Å². The molecule has 1 rings (SSSR count). The van der Waals surface area contributed by atoms with E-state index in [1.54, 1.807) is 0 Å². The van der Waals surface area contributed by atoms with Gasteiger partial charge in [0.2, 0.25) is 5.91 Å². The summed E-state index contributed by atoms with van der Waals surface area (Å²) < 4.78 is 0. The molecule has 0 radical (unpaired) electrons. The van der Waals surface area contributed by atoms with Crippen molar-refractivity contribution < 1.29 is 4.79 Å². The van der Waals surface area contributed by atoms with Gasteiger partial charge < -0.3 is 10.6 Å². The highest BCUT2D eigenvalue weighted by Crippen LogP contribution is 2.19. The molecule has 0 saturated heterocycles. The van der Waals surface area contributed by atoms with Crippen LogP contribution in [0.2, 0.25) is 0 Å². The van der Waals surface area contributed by atoms with E-state index in [9.17, 15) is 4.79 Å². The van der Waals surface area contributed by atoms with E-state index in [0.717, 1.165) is 50.0 Å². The maximum Gasteiger partial charge on any atom is 0.227 e. The maximum atomic E-state index is 12.4. The summed E-state index contributed by atoms with van der Waals surface area (Å²) in [5.41, 5.74) is 2.09. The van der Waals surface area contributed by atoms with Crippen molar-refractivity contribution >= 4 is 11.6 Å². The zero-order chi connectivity index (χ0) is 14.8. The zero-order valence-electron chi connectivity index (χ0n) is 13.0. The third-order valence-corrected chi connectivity index (χ3v) is 3.49. The second-order valence-electron chi connectivity index (χ2n) is 5.20. The minimum absolute atomic E-state index is 0.136. The van der Waals surface area contributed by atoms with E-state index in [0.29, 0.717) is 0 Å². The molecular formula is C17H28N2O. The first kappa shape index (κ1) is 16.7. The Balaban J connectivity index is 2.72. The van der Waals surface area contributed by atoms with Crippen LogP contribution in [0.1, 0.15) is 52.0 Å². The highest BCUT2D eigenvalue weighted by atomic mass is 16.1. The average molecular weight is 276 g/mol. The molecule has 0 aliphatic rings. The minimum atomic E-state index is 0.136. The van der Waals surface area contributed by atoms with Crippen molar-refractivity contribution in [2.45, 2.75) is 53.0 Å². The first-order valence-corrected chi connectivity index (χ1v) is 7.82. The number of hydrogen-bond acceptors (Lipinski definition) is 2. The fourth-order valence-electron chi connectivity index (χ4n) is 2.39. The topological polar surface area (TPSA) is 41.1 Å². The quantitative estimate of drug-likeness (QED) is 0.717. The molecule has 0 fully saturated rings. The number of rotatable bonds is 9. The first-order valence-electron chi connectivity index (χ1n) is 7.82. The fourth-order valence-corrected chi connectivity index (χ4v) is 2.39. The van der Waals surface area contributed by atoms with Crippen LogP contribution >= 0.6 is 0 Å². The van der Waals surface area contributed by atoms with Gasteiger partial charge in [0.15, 0.2) is 0 Å². The summed E-state index contributed by atoms with van der Waals surface area (Å²) in [5, 5.41) is 6.42. The number of amides is 1. The molecular weight excluding hydrogens is 248 g/mol. The molecule has 0 aliphatic carbocycles. The Morgan fingerprint density at radius 2 is 1.75 bits per heavy atom. The van der Waals surface area contributed by atoms with Crippen LogP contribution < -0.4 is 10.6 Å². The van der Waals surface area contributed by atoms with Gasteiger partial charge >= 0.3 is 0 Å². The molecule has 0 aliphatic heterocycles. The van der Waals surface area contributed by atoms with Crippen molar-refractivity contribution in [3.8, 4) is 0 Å². The molecule has 1 aromatic rings. The van der Waals surface area contributed by atoms with E-state index in [4.69, 9.17) is 0 Å². The monoisotopic (exact) mass is 276 g/mol. The van der Waals surface area contributed by atoms with Crippen LogP contribution in [0.5, 0.6) is 0 Å². The number of carbonyl (C=O) groups excluding carboxylic acids is 1. The summed E-state index contributed by atoms with van der Waals surface area (Å²) >= 11 is 0. The summed E-state index contributed by atoms with van der Waals surface area (Å²) in [6.07, 6.45) is 4.04. The summed E-state index contributed by atoms with van der Waals surface area (Å²) in [4.78, 5) is 12.4. The first-order chi connectivity index (χ1) is 9.72. The molecule has 1 aromatic carbocycles. The van der Waals surface area contributed by atoms with Crippen molar-refractivity contribution in [3.63, 3.8) is 0 Å². The number of benzene rings is 1. The van der Waals surface area contributed by atoms with Gasteiger partial charge in [0, 0.05) is 18.2 Å². The Hall–Kier alpha value is -1.35. The molecule has 1 amide bonds. The standard InChI is InChI=1S/C17H28N2O/c1-4-9-14(10-5-2)17(20)19-16-12-8-7-11-15(16)13-18-6-3/h7-8,11-12,14,18H,4-6,9-10,13H2,1-3H3,(H,19,20). The lowest BCUT2D eigenvalue weighted by molar-refractivity contribution is -0.120. The van der Waals surface area contributed by atoms with Crippen molar-refractivity contribution in [1.82, 2.24) is 5.32 Å². The largest absolute Gasteiger partial charge is 0.326 e. The molecule has 3 heteroatoms. The summed E-state index contributed by atoms with van der Waals surface area (Å²) in [5.74, 6) is 0.301. The lowest BCUT2D eigenvalue weighted by atomic mass is 9.97. The Labute approximate surface area is 123 Å². The van der Waals surface area contributed by atoms with E-state index in [-0.39, 0.29) is 11.8 Å². The Morgan fingerprint density at radius 3 is 2.35 bits per heavy atom. The molecule has 0 bridgehead atoms. The van der Waals surface area contributed by atoms with Crippen LogP contribution in [0, 0.1) is 5.92 Å². The van der Waals surface area contributed by atoms with Gasteiger partial charge in [-0.1, -0.05) is 51.8 Å². The molecule has 3 nitrogen and oxygen atoms in total. The smallest absolute Gasteiger partial charge is 0.227 e. The van der Waals surface area contributed by atoms with Crippen molar-refractivity contribution in [1.29, 1.82) is 0 Å². The maximum absolute atomic E-state index is 12.4. The molecule has 0 aromatic heterocycles. The van der Waals surface area contributed by atoms with Gasteiger partial charge in [-0.15, -0.1) is 0 Å². The second kappa shape index (κ2) is 9.54. The molecule has 0 saturated carbocycles.